The van der Waals surface area contributed by atoms with Crippen molar-refractivity contribution in [1.82, 2.24) is 0 Å². The van der Waals surface area contributed by atoms with Crippen LogP contribution in [0.1, 0.15) is 28.1 Å². The topological polar surface area (TPSA) is 0 Å². The lowest BCUT2D eigenvalue weighted by atomic mass is 9.79. The van der Waals surface area contributed by atoms with Crippen molar-refractivity contribution in [2.24, 2.45) is 0 Å². The first kappa shape index (κ1) is 9.71. The Morgan fingerprint density at radius 1 is 1.00 bits per heavy atom. The Balaban J connectivity index is 2.36. The number of aryl methyl sites for hydroxylation is 2. The molecular weight excluding hydrogens is 191 g/mol. The lowest BCUT2D eigenvalue weighted by Gasteiger charge is -2.06. The van der Waals surface area contributed by atoms with Crippen LogP contribution in [-0.4, -0.2) is 7.85 Å². The average Bonchev–Trinajstić information content (AvgIpc) is 2.55. The molecule has 0 N–H and O–H groups in total. The predicted molar refractivity (Wildman–Crippen MR) is 68.9 cm³/mol. The number of hydrogen-bond donors (Lipinski definition) is 0. The van der Waals surface area contributed by atoms with Gasteiger partial charge in [-0.2, -0.15) is 0 Å². The van der Waals surface area contributed by atoms with Gasteiger partial charge in [-0.15, -0.1) is 0 Å². The first-order chi connectivity index (χ1) is 7.68. The maximum atomic E-state index is 6.30. The molecule has 0 aromatic heterocycles. The van der Waals surface area contributed by atoms with Crippen molar-refractivity contribution in [3.63, 3.8) is 0 Å². The molecule has 1 heteroatoms. The summed E-state index contributed by atoms with van der Waals surface area (Å²) in [7, 11) is 6.30. The molecule has 1 atom stereocenters. The largest absolute Gasteiger partial charge is 0.0828 e. The zero-order valence-electron chi connectivity index (χ0n) is 9.62. The molecule has 0 aliphatic heterocycles. The van der Waals surface area contributed by atoms with Crippen molar-refractivity contribution in [3.8, 4) is 11.1 Å². The maximum Gasteiger partial charge on any atom is 0.0828 e. The molecule has 1 aliphatic carbocycles. The Bertz CT molecular complexity index is 570. The highest BCUT2D eigenvalue weighted by molar-refractivity contribution is 6.17. The van der Waals surface area contributed by atoms with Gasteiger partial charge in [0.2, 0.25) is 0 Å². The molecule has 0 heterocycles. The normalized spacial score (nSPS) is 17.0. The molecule has 16 heavy (non-hydrogen) atoms. The Hall–Kier alpha value is -1.50. The van der Waals surface area contributed by atoms with Crippen molar-refractivity contribution in [2.45, 2.75) is 19.7 Å². The van der Waals surface area contributed by atoms with Gasteiger partial charge in [0.25, 0.3) is 0 Å². The molecule has 1 unspecified atom stereocenters. The summed E-state index contributed by atoms with van der Waals surface area (Å²) in [4.78, 5) is 0. The lowest BCUT2D eigenvalue weighted by molar-refractivity contribution is 1.19. The van der Waals surface area contributed by atoms with E-state index in [1.54, 1.807) is 0 Å². The second-order valence-electron chi connectivity index (χ2n) is 4.61. The van der Waals surface area contributed by atoms with Crippen LogP contribution in [0.4, 0.5) is 0 Å². The van der Waals surface area contributed by atoms with Crippen LogP contribution in [0.5, 0.6) is 0 Å². The third kappa shape index (κ3) is 1.18. The summed E-state index contributed by atoms with van der Waals surface area (Å²) in [5.41, 5.74) is 7.77. The third-order valence-electron chi connectivity index (χ3n) is 3.45. The van der Waals surface area contributed by atoms with Crippen LogP contribution in [0.15, 0.2) is 36.4 Å². The smallest absolute Gasteiger partial charge is 0.0617 e. The van der Waals surface area contributed by atoms with E-state index < -0.39 is 0 Å². The van der Waals surface area contributed by atoms with E-state index in [1.807, 2.05) is 0 Å². The zero-order valence-corrected chi connectivity index (χ0v) is 9.62. The van der Waals surface area contributed by atoms with E-state index in [0.717, 1.165) is 0 Å². The van der Waals surface area contributed by atoms with Crippen LogP contribution < -0.4 is 0 Å². The third-order valence-corrected chi connectivity index (χ3v) is 3.45. The molecule has 0 spiro atoms. The van der Waals surface area contributed by atoms with Crippen LogP contribution in [0.25, 0.3) is 11.1 Å². The second kappa shape index (κ2) is 3.25. The van der Waals surface area contributed by atoms with Gasteiger partial charge in [0, 0.05) is 0 Å². The van der Waals surface area contributed by atoms with E-state index in [1.165, 1.54) is 33.4 Å². The predicted octanol–water partition coefficient (Wildman–Crippen LogP) is 3.54. The minimum absolute atomic E-state index is 0.0461. The van der Waals surface area contributed by atoms with E-state index in [9.17, 15) is 0 Å². The summed E-state index contributed by atoms with van der Waals surface area (Å²) >= 11 is 0. The first-order valence-corrected chi connectivity index (χ1v) is 5.64. The van der Waals surface area contributed by atoms with E-state index in [-0.39, 0.29) is 5.82 Å². The summed E-state index contributed by atoms with van der Waals surface area (Å²) in [6, 6.07) is 12.9. The zero-order chi connectivity index (χ0) is 11.3. The van der Waals surface area contributed by atoms with Crippen molar-refractivity contribution >= 4 is 7.85 Å². The second-order valence-corrected chi connectivity index (χ2v) is 4.61. The molecule has 0 saturated carbocycles. The fraction of sp³-hybridized carbons (Fsp3) is 0.200. The minimum atomic E-state index is 0.0461. The molecule has 0 saturated heterocycles. The summed E-state index contributed by atoms with van der Waals surface area (Å²) in [5, 5.41) is 0. The molecule has 2 radical (unpaired) electrons. The van der Waals surface area contributed by atoms with E-state index in [0.29, 0.717) is 0 Å². The van der Waals surface area contributed by atoms with Gasteiger partial charge in [-0.05, 0) is 47.5 Å². The molecule has 3 rings (SSSR count). The lowest BCUT2D eigenvalue weighted by Crippen LogP contribution is -1.95. The van der Waals surface area contributed by atoms with Gasteiger partial charge < -0.3 is 0 Å². The highest BCUT2D eigenvalue weighted by Gasteiger charge is 2.25. The fourth-order valence-corrected chi connectivity index (χ4v) is 2.65. The molecule has 0 bridgehead atoms. The Morgan fingerprint density at radius 3 is 2.62 bits per heavy atom. The maximum absolute atomic E-state index is 6.30. The highest BCUT2D eigenvalue weighted by Crippen LogP contribution is 2.44. The highest BCUT2D eigenvalue weighted by atomic mass is 14.3. The fourth-order valence-electron chi connectivity index (χ4n) is 2.65. The quantitative estimate of drug-likeness (QED) is 0.575. The molecule has 2 aromatic carbocycles. The van der Waals surface area contributed by atoms with Crippen LogP contribution in [0.2, 0.25) is 0 Å². The molecule has 0 fully saturated rings. The Labute approximate surface area is 97.7 Å². The van der Waals surface area contributed by atoms with Crippen LogP contribution in [-0.2, 0) is 0 Å². The number of rotatable bonds is 0. The molecule has 76 valence electrons. The first-order valence-electron chi connectivity index (χ1n) is 5.64. The van der Waals surface area contributed by atoms with Gasteiger partial charge in [0.05, 0.1) is 7.85 Å². The van der Waals surface area contributed by atoms with Crippen LogP contribution in [0, 0.1) is 13.8 Å². The van der Waals surface area contributed by atoms with Crippen molar-refractivity contribution in [1.29, 1.82) is 0 Å². The van der Waals surface area contributed by atoms with Gasteiger partial charge in [-0.3, -0.25) is 0 Å². The van der Waals surface area contributed by atoms with Gasteiger partial charge in [-0.1, -0.05) is 42.0 Å². The summed E-state index contributed by atoms with van der Waals surface area (Å²) in [6.45, 7) is 4.27. The summed E-state index contributed by atoms with van der Waals surface area (Å²) in [5.74, 6) is 0.0461. The van der Waals surface area contributed by atoms with Crippen molar-refractivity contribution in [3.05, 3.63) is 58.7 Å². The van der Waals surface area contributed by atoms with E-state index >= 15 is 0 Å². The number of benzene rings is 2. The van der Waals surface area contributed by atoms with Gasteiger partial charge >= 0.3 is 0 Å². The monoisotopic (exact) mass is 204 g/mol. The molecular formula is C15H13B. The minimum Gasteiger partial charge on any atom is -0.0617 e. The number of fused-ring (bicyclic) bond motifs is 3. The summed E-state index contributed by atoms with van der Waals surface area (Å²) in [6.07, 6.45) is 0. The molecule has 1 aliphatic rings. The molecule has 2 aromatic rings. The van der Waals surface area contributed by atoms with Crippen molar-refractivity contribution < 1.29 is 0 Å². The standard InChI is InChI=1S/C15H13B/c1-9-6-7-11-13(8-9)15(16)12-5-3-4-10(2)14(11)12/h3-8,15H,1-2H3. The average molecular weight is 204 g/mol. The van der Waals surface area contributed by atoms with Gasteiger partial charge in [0.15, 0.2) is 0 Å². The SMILES string of the molecule is [B]C1c2cc(C)ccc2-c2c(C)cccc21. The van der Waals surface area contributed by atoms with Gasteiger partial charge in [0.1, 0.15) is 0 Å². The summed E-state index contributed by atoms with van der Waals surface area (Å²) < 4.78 is 0. The van der Waals surface area contributed by atoms with Gasteiger partial charge in [-0.25, -0.2) is 0 Å². The Morgan fingerprint density at radius 2 is 1.81 bits per heavy atom. The van der Waals surface area contributed by atoms with E-state index in [4.69, 9.17) is 7.85 Å². The van der Waals surface area contributed by atoms with E-state index in [2.05, 4.69) is 50.2 Å². The van der Waals surface area contributed by atoms with Crippen LogP contribution >= 0.6 is 0 Å². The molecule has 0 nitrogen and oxygen atoms in total. The molecule has 0 amide bonds. The number of hydrogen-bond acceptors (Lipinski definition) is 0. The van der Waals surface area contributed by atoms with Crippen molar-refractivity contribution in [2.75, 3.05) is 0 Å². The Kier molecular flexibility index (Phi) is 1.97. The van der Waals surface area contributed by atoms with Crippen LogP contribution in [0.3, 0.4) is 0 Å².